The molecule has 1 aliphatic carbocycles. The maximum absolute atomic E-state index is 12.5. The Hall–Kier alpha value is -1.39. The van der Waals surface area contributed by atoms with E-state index >= 15 is 0 Å². The van der Waals surface area contributed by atoms with Gasteiger partial charge in [0.05, 0.1) is 12.5 Å². The molecule has 1 saturated heterocycles. The van der Waals surface area contributed by atoms with Gasteiger partial charge in [0.2, 0.25) is 0 Å². The molecule has 0 amide bonds. The minimum atomic E-state index is -0.0381. The molecule has 126 valence electrons. The zero-order valence-electron chi connectivity index (χ0n) is 14.2. The first kappa shape index (κ1) is 16.5. The van der Waals surface area contributed by atoms with E-state index < -0.39 is 0 Å². The smallest absolute Gasteiger partial charge is 0.309 e. The van der Waals surface area contributed by atoms with Gasteiger partial charge >= 0.3 is 5.97 Å². The summed E-state index contributed by atoms with van der Waals surface area (Å²) in [5.74, 6) is 1.24. The molecular formula is C19H28N2O2. The SMILES string of the molecule is CCOC(=O)C([C@H]1CC1C)[C@H]1CN(Cc2ccccc2)C[C@@H]1N. The van der Waals surface area contributed by atoms with Crippen LogP contribution in [0.25, 0.3) is 0 Å². The number of nitrogens with two attached hydrogens (primary N) is 1. The predicted octanol–water partition coefficient (Wildman–Crippen LogP) is 2.28. The van der Waals surface area contributed by atoms with E-state index in [9.17, 15) is 4.79 Å². The monoisotopic (exact) mass is 316 g/mol. The van der Waals surface area contributed by atoms with Crippen LogP contribution in [0, 0.1) is 23.7 Å². The van der Waals surface area contributed by atoms with Crippen molar-refractivity contribution in [2.75, 3.05) is 19.7 Å². The van der Waals surface area contributed by atoms with Gasteiger partial charge in [-0.05, 0) is 30.7 Å². The van der Waals surface area contributed by atoms with E-state index in [-0.39, 0.29) is 23.8 Å². The zero-order valence-corrected chi connectivity index (χ0v) is 14.2. The highest BCUT2D eigenvalue weighted by Gasteiger charge is 2.50. The van der Waals surface area contributed by atoms with Crippen molar-refractivity contribution in [1.82, 2.24) is 4.90 Å². The number of nitrogens with zero attached hydrogens (tertiary/aromatic N) is 1. The summed E-state index contributed by atoms with van der Waals surface area (Å²) >= 11 is 0. The second-order valence-corrected chi connectivity index (χ2v) is 7.16. The Labute approximate surface area is 139 Å². The third kappa shape index (κ3) is 3.75. The van der Waals surface area contributed by atoms with Crippen molar-refractivity contribution in [3.8, 4) is 0 Å². The molecule has 1 aromatic carbocycles. The standard InChI is InChI=1S/C19H28N2O2/c1-3-23-19(22)18(15-9-13(15)2)16-11-21(12-17(16)20)10-14-7-5-4-6-8-14/h4-8,13,15-18H,3,9-12,20H2,1-2H3/t13?,15-,16-,17-,18?/m0/s1. The van der Waals surface area contributed by atoms with Gasteiger partial charge in [-0.25, -0.2) is 0 Å². The molecule has 23 heavy (non-hydrogen) atoms. The van der Waals surface area contributed by atoms with Crippen molar-refractivity contribution >= 4 is 5.97 Å². The van der Waals surface area contributed by atoms with E-state index in [0.29, 0.717) is 18.4 Å². The van der Waals surface area contributed by atoms with E-state index in [1.54, 1.807) is 0 Å². The maximum Gasteiger partial charge on any atom is 0.309 e. The molecular weight excluding hydrogens is 288 g/mol. The average molecular weight is 316 g/mol. The van der Waals surface area contributed by atoms with Crippen molar-refractivity contribution in [2.24, 2.45) is 29.4 Å². The predicted molar refractivity (Wildman–Crippen MR) is 90.6 cm³/mol. The van der Waals surface area contributed by atoms with E-state index in [1.807, 2.05) is 13.0 Å². The van der Waals surface area contributed by atoms with Crippen LogP contribution in [0.1, 0.15) is 25.8 Å². The van der Waals surface area contributed by atoms with Crippen LogP contribution in [-0.4, -0.2) is 36.6 Å². The molecule has 1 saturated carbocycles. The Morgan fingerprint density at radius 3 is 2.61 bits per heavy atom. The average Bonchev–Trinajstić information content (AvgIpc) is 3.12. The third-order valence-corrected chi connectivity index (χ3v) is 5.39. The molecule has 5 atom stereocenters. The molecule has 2 aliphatic rings. The number of likely N-dealkylation sites (tertiary alicyclic amines) is 1. The fraction of sp³-hybridized carbons (Fsp3) is 0.632. The summed E-state index contributed by atoms with van der Waals surface area (Å²) in [6, 6.07) is 10.5. The lowest BCUT2D eigenvalue weighted by molar-refractivity contribution is -0.151. The van der Waals surface area contributed by atoms with Crippen LogP contribution in [-0.2, 0) is 16.1 Å². The van der Waals surface area contributed by atoms with Crippen LogP contribution < -0.4 is 5.73 Å². The van der Waals surface area contributed by atoms with Crippen molar-refractivity contribution in [1.29, 1.82) is 0 Å². The highest BCUT2D eigenvalue weighted by atomic mass is 16.5. The number of rotatable bonds is 6. The van der Waals surface area contributed by atoms with Crippen LogP contribution >= 0.6 is 0 Å². The second-order valence-electron chi connectivity index (χ2n) is 7.16. The van der Waals surface area contributed by atoms with Gasteiger partial charge in [-0.15, -0.1) is 0 Å². The molecule has 2 fully saturated rings. The van der Waals surface area contributed by atoms with Crippen molar-refractivity contribution in [3.63, 3.8) is 0 Å². The molecule has 1 aromatic rings. The molecule has 2 unspecified atom stereocenters. The molecule has 0 aromatic heterocycles. The number of ether oxygens (including phenoxy) is 1. The first-order valence-electron chi connectivity index (χ1n) is 8.78. The quantitative estimate of drug-likeness (QED) is 0.818. The number of esters is 1. The fourth-order valence-corrected chi connectivity index (χ4v) is 4.05. The Kier molecular flexibility index (Phi) is 5.02. The summed E-state index contributed by atoms with van der Waals surface area (Å²) < 4.78 is 5.35. The van der Waals surface area contributed by atoms with Gasteiger partial charge in [-0.3, -0.25) is 9.69 Å². The molecule has 1 heterocycles. The lowest BCUT2D eigenvalue weighted by atomic mass is 9.84. The van der Waals surface area contributed by atoms with Gasteiger partial charge in [-0.2, -0.15) is 0 Å². The largest absolute Gasteiger partial charge is 0.466 e. The van der Waals surface area contributed by atoms with Crippen LogP contribution in [0.5, 0.6) is 0 Å². The third-order valence-electron chi connectivity index (χ3n) is 5.39. The van der Waals surface area contributed by atoms with Crippen molar-refractivity contribution in [3.05, 3.63) is 35.9 Å². The van der Waals surface area contributed by atoms with Gasteiger partial charge in [0.1, 0.15) is 0 Å². The fourth-order valence-electron chi connectivity index (χ4n) is 4.05. The van der Waals surface area contributed by atoms with Crippen LogP contribution in [0.15, 0.2) is 30.3 Å². The highest BCUT2D eigenvalue weighted by molar-refractivity contribution is 5.74. The lowest BCUT2D eigenvalue weighted by Gasteiger charge is -2.25. The number of hydrogen-bond donors (Lipinski definition) is 1. The second kappa shape index (κ2) is 7.02. The van der Waals surface area contributed by atoms with Crippen LogP contribution in [0.2, 0.25) is 0 Å². The molecule has 4 heteroatoms. The summed E-state index contributed by atoms with van der Waals surface area (Å²) in [5, 5.41) is 0. The van der Waals surface area contributed by atoms with Gasteiger partial charge in [-0.1, -0.05) is 37.3 Å². The Morgan fingerprint density at radius 2 is 2.00 bits per heavy atom. The molecule has 0 bridgehead atoms. The topological polar surface area (TPSA) is 55.6 Å². The zero-order chi connectivity index (χ0) is 16.4. The number of benzene rings is 1. The summed E-state index contributed by atoms with van der Waals surface area (Å²) in [7, 11) is 0. The van der Waals surface area contributed by atoms with Gasteiger partial charge in [0, 0.05) is 31.6 Å². The highest BCUT2D eigenvalue weighted by Crippen LogP contribution is 2.48. The van der Waals surface area contributed by atoms with E-state index in [4.69, 9.17) is 10.5 Å². The Bertz CT molecular complexity index is 533. The van der Waals surface area contributed by atoms with E-state index in [2.05, 4.69) is 36.1 Å². The molecule has 2 N–H and O–H groups in total. The first-order chi connectivity index (χ1) is 11.1. The van der Waals surface area contributed by atoms with Gasteiger partial charge in [0.25, 0.3) is 0 Å². The molecule has 1 aliphatic heterocycles. The van der Waals surface area contributed by atoms with Crippen LogP contribution in [0.3, 0.4) is 0 Å². The molecule has 0 spiro atoms. The minimum Gasteiger partial charge on any atom is -0.466 e. The number of carbonyl (C=O) groups is 1. The van der Waals surface area contributed by atoms with E-state index in [1.165, 1.54) is 5.56 Å². The van der Waals surface area contributed by atoms with Crippen molar-refractivity contribution < 1.29 is 9.53 Å². The number of carbonyl (C=O) groups excluding carboxylic acids is 1. The minimum absolute atomic E-state index is 0.0271. The Morgan fingerprint density at radius 1 is 1.30 bits per heavy atom. The summed E-state index contributed by atoms with van der Waals surface area (Å²) in [6.45, 7) is 7.20. The van der Waals surface area contributed by atoms with Gasteiger partial charge in [0.15, 0.2) is 0 Å². The summed E-state index contributed by atoms with van der Waals surface area (Å²) in [5.41, 5.74) is 7.72. The number of hydrogen-bond acceptors (Lipinski definition) is 4. The lowest BCUT2D eigenvalue weighted by Crippen LogP contribution is -2.39. The maximum atomic E-state index is 12.5. The van der Waals surface area contributed by atoms with E-state index in [0.717, 1.165) is 26.1 Å². The summed E-state index contributed by atoms with van der Waals surface area (Å²) in [4.78, 5) is 14.9. The first-order valence-corrected chi connectivity index (χ1v) is 8.78. The summed E-state index contributed by atoms with van der Waals surface area (Å²) in [6.07, 6.45) is 1.13. The normalized spacial score (nSPS) is 31.8. The van der Waals surface area contributed by atoms with Gasteiger partial charge < -0.3 is 10.5 Å². The molecule has 0 radical (unpaired) electrons. The van der Waals surface area contributed by atoms with Crippen LogP contribution in [0.4, 0.5) is 0 Å². The molecule has 3 rings (SSSR count). The molecule has 4 nitrogen and oxygen atoms in total. The Balaban J connectivity index is 1.67. The van der Waals surface area contributed by atoms with Crippen molar-refractivity contribution in [2.45, 2.75) is 32.9 Å².